The van der Waals surface area contributed by atoms with Crippen molar-refractivity contribution in [2.75, 3.05) is 6.54 Å². The van der Waals surface area contributed by atoms with Gasteiger partial charge in [-0.05, 0) is 30.2 Å². The number of amides is 1. The van der Waals surface area contributed by atoms with Crippen LogP contribution in [0.4, 0.5) is 26.3 Å². The number of carbonyl (C=O) groups is 3. The van der Waals surface area contributed by atoms with Crippen molar-refractivity contribution in [3.8, 4) is 0 Å². The lowest BCUT2D eigenvalue weighted by Gasteiger charge is -2.30. The first-order valence-electron chi connectivity index (χ1n) is 11.5. The fourth-order valence-corrected chi connectivity index (χ4v) is 3.98. The predicted octanol–water partition coefficient (Wildman–Crippen LogP) is 3.70. The molecule has 214 valence electrons. The molecule has 1 aromatic heterocycles. The Bertz CT molecular complexity index is 1410. The maximum Gasteiger partial charge on any atom is 0.449 e. The van der Waals surface area contributed by atoms with E-state index in [1.807, 2.05) is 0 Å². The lowest BCUT2D eigenvalue weighted by Crippen LogP contribution is -2.42. The normalized spacial score (nSPS) is 13.6. The van der Waals surface area contributed by atoms with Crippen LogP contribution in [0.25, 0.3) is 0 Å². The maximum atomic E-state index is 13.8. The Hall–Kier alpha value is -4.40. The molecule has 2 aromatic carbocycles. The van der Waals surface area contributed by atoms with Crippen molar-refractivity contribution in [3.63, 3.8) is 0 Å². The summed E-state index contributed by atoms with van der Waals surface area (Å²) in [5.41, 5.74) is 4.82. The summed E-state index contributed by atoms with van der Waals surface area (Å²) < 4.78 is 80.1. The summed E-state index contributed by atoms with van der Waals surface area (Å²) in [6.45, 7) is -0.921. The Morgan fingerprint density at radius 3 is 2.12 bits per heavy atom. The highest BCUT2D eigenvalue weighted by Crippen LogP contribution is 2.32. The monoisotopic (exact) mass is 572 g/mol. The van der Waals surface area contributed by atoms with Gasteiger partial charge in [0.15, 0.2) is 17.3 Å². The van der Waals surface area contributed by atoms with Crippen LogP contribution in [-0.4, -0.2) is 55.1 Å². The molecule has 1 aliphatic heterocycles. The quantitative estimate of drug-likeness (QED) is 0.302. The van der Waals surface area contributed by atoms with Gasteiger partial charge in [-0.2, -0.15) is 13.2 Å². The lowest BCUT2D eigenvalue weighted by atomic mass is 10.0. The molecular formula is C25H22F6N4O5. The van der Waals surface area contributed by atoms with E-state index in [-0.39, 0.29) is 37.2 Å². The number of halogens is 6. The number of benzene rings is 2. The number of hydrogen-bond donors (Lipinski definition) is 3. The summed E-state index contributed by atoms with van der Waals surface area (Å²) in [7, 11) is 0. The average molecular weight is 572 g/mol. The van der Waals surface area contributed by atoms with Crippen molar-refractivity contribution in [3.05, 3.63) is 88.3 Å². The summed E-state index contributed by atoms with van der Waals surface area (Å²) in [6, 6.07) is 8.29. The van der Waals surface area contributed by atoms with Gasteiger partial charge in [-0.3, -0.25) is 4.79 Å². The van der Waals surface area contributed by atoms with Gasteiger partial charge in [-0.15, -0.1) is 0 Å². The van der Waals surface area contributed by atoms with Crippen LogP contribution in [0, 0.1) is 17.5 Å². The number of carbonyl (C=O) groups excluding carboxylic acids is 1. The number of nitrogens with two attached hydrogens (primary N) is 1. The number of alkyl halides is 3. The summed E-state index contributed by atoms with van der Waals surface area (Å²) >= 11 is 0. The van der Waals surface area contributed by atoms with Gasteiger partial charge in [-0.25, -0.2) is 27.7 Å². The van der Waals surface area contributed by atoms with E-state index in [9.17, 15) is 40.7 Å². The molecule has 40 heavy (non-hydrogen) atoms. The molecule has 1 aliphatic rings. The summed E-state index contributed by atoms with van der Waals surface area (Å²) in [6.07, 6.45) is -5.54. The van der Waals surface area contributed by atoms with Crippen LogP contribution in [0.3, 0.4) is 0 Å². The molecule has 0 spiro atoms. The van der Waals surface area contributed by atoms with Crippen LogP contribution < -0.4 is 5.73 Å². The molecule has 15 heteroatoms. The Kier molecular flexibility index (Phi) is 9.19. The number of carboxylic acid groups (broad SMARTS) is 2. The van der Waals surface area contributed by atoms with E-state index in [0.29, 0.717) is 22.3 Å². The number of rotatable bonds is 6. The van der Waals surface area contributed by atoms with Crippen LogP contribution >= 0.6 is 0 Å². The second-order valence-corrected chi connectivity index (χ2v) is 8.70. The molecule has 4 N–H and O–H groups in total. The van der Waals surface area contributed by atoms with Crippen molar-refractivity contribution in [2.45, 2.75) is 38.1 Å². The van der Waals surface area contributed by atoms with Crippen molar-refractivity contribution in [1.82, 2.24) is 14.5 Å². The van der Waals surface area contributed by atoms with Crippen molar-refractivity contribution >= 4 is 17.8 Å². The molecule has 0 saturated carbocycles. The van der Waals surface area contributed by atoms with E-state index in [0.717, 1.165) is 4.90 Å². The first kappa shape index (κ1) is 30.1. The number of imidazole rings is 1. The minimum atomic E-state index is -4.87. The van der Waals surface area contributed by atoms with E-state index in [1.54, 1.807) is 30.3 Å². The molecule has 1 atom stereocenters. The predicted molar refractivity (Wildman–Crippen MR) is 126 cm³/mol. The van der Waals surface area contributed by atoms with Gasteiger partial charge in [0.2, 0.25) is 11.7 Å². The number of fused-ring (bicyclic) bond motifs is 1. The molecule has 0 radical (unpaired) electrons. The minimum Gasteiger partial charge on any atom is -0.478 e. The largest absolute Gasteiger partial charge is 0.478 e. The third kappa shape index (κ3) is 7.16. The van der Waals surface area contributed by atoms with Crippen molar-refractivity contribution < 1.29 is 50.9 Å². The zero-order chi connectivity index (χ0) is 29.8. The SMILES string of the molecule is N[C@@H](CC(=O)N1CCn2c(C(F)(F)F)nc(C(=O)O)c2C1)Cc1cc(F)c(F)cc1F.O=C(O)c1ccccc1. The molecule has 0 bridgehead atoms. The molecule has 0 saturated heterocycles. The highest BCUT2D eigenvalue weighted by atomic mass is 19.4. The number of aromatic nitrogens is 2. The lowest BCUT2D eigenvalue weighted by molar-refractivity contribution is -0.148. The van der Waals surface area contributed by atoms with Crippen molar-refractivity contribution in [2.24, 2.45) is 5.73 Å². The third-order valence-electron chi connectivity index (χ3n) is 5.84. The fourth-order valence-electron chi connectivity index (χ4n) is 3.98. The van der Waals surface area contributed by atoms with Gasteiger partial charge in [0.25, 0.3) is 0 Å². The molecule has 2 heterocycles. The van der Waals surface area contributed by atoms with Gasteiger partial charge >= 0.3 is 18.1 Å². The Labute approximate surface area is 222 Å². The van der Waals surface area contributed by atoms with Gasteiger partial charge < -0.3 is 25.4 Å². The summed E-state index contributed by atoms with van der Waals surface area (Å²) in [5.74, 6) is -8.21. The number of aromatic carboxylic acids is 2. The van der Waals surface area contributed by atoms with Crippen LogP contribution in [0.15, 0.2) is 42.5 Å². The van der Waals surface area contributed by atoms with E-state index in [2.05, 4.69) is 4.98 Å². The average Bonchev–Trinajstić information content (AvgIpc) is 3.28. The van der Waals surface area contributed by atoms with Gasteiger partial charge in [0, 0.05) is 31.6 Å². The summed E-state index contributed by atoms with van der Waals surface area (Å²) in [5, 5.41) is 17.5. The number of nitrogens with zero attached hydrogens (tertiary/aromatic N) is 3. The van der Waals surface area contributed by atoms with E-state index < -0.39 is 65.6 Å². The molecule has 0 aliphatic carbocycles. The fraction of sp³-hybridized carbons (Fsp3) is 0.280. The van der Waals surface area contributed by atoms with Crippen LogP contribution in [-0.2, 0) is 30.5 Å². The van der Waals surface area contributed by atoms with Crippen molar-refractivity contribution in [1.29, 1.82) is 0 Å². The first-order chi connectivity index (χ1) is 18.7. The maximum absolute atomic E-state index is 13.8. The molecule has 4 rings (SSSR count). The third-order valence-corrected chi connectivity index (χ3v) is 5.84. The molecule has 3 aromatic rings. The Morgan fingerprint density at radius 1 is 0.950 bits per heavy atom. The highest BCUT2D eigenvalue weighted by Gasteiger charge is 2.41. The first-order valence-corrected chi connectivity index (χ1v) is 11.5. The second kappa shape index (κ2) is 12.2. The molecular weight excluding hydrogens is 550 g/mol. The van der Waals surface area contributed by atoms with Gasteiger partial charge in [-0.1, -0.05) is 18.2 Å². The molecule has 0 fully saturated rings. The van der Waals surface area contributed by atoms with Crippen LogP contribution in [0.1, 0.15) is 44.3 Å². The van der Waals surface area contributed by atoms with Crippen LogP contribution in [0.2, 0.25) is 0 Å². The smallest absolute Gasteiger partial charge is 0.449 e. The number of hydrogen-bond acceptors (Lipinski definition) is 5. The zero-order valence-corrected chi connectivity index (χ0v) is 20.5. The second-order valence-electron chi connectivity index (χ2n) is 8.70. The topological polar surface area (TPSA) is 139 Å². The number of carboxylic acids is 2. The minimum absolute atomic E-state index is 0.156. The summed E-state index contributed by atoms with van der Waals surface area (Å²) in [4.78, 5) is 38.3. The highest BCUT2D eigenvalue weighted by molar-refractivity contribution is 5.87. The standard InChI is InChI=1S/C18H16F6N4O3.C7H6O2/c19-10-6-12(21)11(20)4-8(10)3-9(25)5-14(29)27-1-2-28-13(7-27)15(16(30)31)26-17(28)18(22,23)24;8-7(9)6-4-2-1-3-5-6/h4,6,9H,1-3,5,7,25H2,(H,30,31);1-5H,(H,8,9)/t9-;/m1./s1. The van der Waals surface area contributed by atoms with Gasteiger partial charge in [0.05, 0.1) is 17.8 Å². The van der Waals surface area contributed by atoms with E-state index in [4.69, 9.17) is 15.9 Å². The zero-order valence-electron chi connectivity index (χ0n) is 20.5. The van der Waals surface area contributed by atoms with E-state index >= 15 is 0 Å². The van der Waals surface area contributed by atoms with E-state index in [1.165, 1.54) is 0 Å². The van der Waals surface area contributed by atoms with Crippen LogP contribution in [0.5, 0.6) is 0 Å². The Balaban J connectivity index is 0.000000415. The van der Waals surface area contributed by atoms with Gasteiger partial charge in [0.1, 0.15) is 5.82 Å². The Morgan fingerprint density at radius 2 is 1.57 bits per heavy atom. The molecule has 9 nitrogen and oxygen atoms in total. The molecule has 1 amide bonds. The molecule has 0 unspecified atom stereocenters.